The van der Waals surface area contributed by atoms with E-state index in [-0.39, 0.29) is 22.7 Å². The molecule has 1 amide bonds. The minimum Gasteiger partial charge on any atom is -0.342 e. The summed E-state index contributed by atoms with van der Waals surface area (Å²) in [5.41, 5.74) is 1.51. The van der Waals surface area contributed by atoms with Crippen LogP contribution in [0, 0.1) is 22.6 Å². The molecule has 0 spiro atoms. The van der Waals surface area contributed by atoms with Crippen LogP contribution in [0.3, 0.4) is 0 Å². The molecule has 0 unspecified atom stereocenters. The molecule has 3 aromatic carbocycles. The van der Waals surface area contributed by atoms with Gasteiger partial charge in [-0.05, 0) is 35.9 Å². The zero-order valence-electron chi connectivity index (χ0n) is 15.3. The van der Waals surface area contributed by atoms with Crippen LogP contribution in [0.4, 0.5) is 10.1 Å². The molecule has 0 aliphatic carbocycles. The van der Waals surface area contributed by atoms with Crippen molar-refractivity contribution < 1.29 is 9.18 Å². The number of nitrogens with one attached hydrogen (secondary N) is 3. The monoisotopic (exact) mass is 384 g/mol. The van der Waals surface area contributed by atoms with Crippen LogP contribution < -0.4 is 10.6 Å². The number of anilines is 1. The molecule has 142 valence electrons. The van der Waals surface area contributed by atoms with Crippen LogP contribution in [-0.2, 0) is 0 Å². The molecule has 3 aromatic rings. The number of carbonyl (C=O) groups excluding carboxylic acids is 1. The molecule has 0 atom stereocenters. The molecule has 0 aliphatic heterocycles. The summed E-state index contributed by atoms with van der Waals surface area (Å²) in [5.74, 6) is -1.07. The summed E-state index contributed by atoms with van der Waals surface area (Å²) in [5, 5.41) is 22.9. The number of carbonyl (C=O) groups is 1. The highest BCUT2D eigenvalue weighted by Gasteiger charge is 2.12. The van der Waals surface area contributed by atoms with Crippen molar-refractivity contribution in [3.05, 3.63) is 113 Å². The van der Waals surface area contributed by atoms with E-state index in [1.807, 2.05) is 48.5 Å². The lowest BCUT2D eigenvalue weighted by Gasteiger charge is -2.14. The van der Waals surface area contributed by atoms with E-state index < -0.39 is 11.7 Å². The van der Waals surface area contributed by atoms with Gasteiger partial charge in [0.2, 0.25) is 0 Å². The van der Waals surface area contributed by atoms with Crippen LogP contribution in [0.2, 0.25) is 0 Å². The molecule has 0 fully saturated rings. The molecular formula is C23H17FN4O. The fourth-order valence-electron chi connectivity index (χ4n) is 2.57. The van der Waals surface area contributed by atoms with Gasteiger partial charge in [0.25, 0.3) is 5.91 Å². The van der Waals surface area contributed by atoms with Crippen LogP contribution in [0.25, 0.3) is 0 Å². The summed E-state index contributed by atoms with van der Waals surface area (Å²) < 4.78 is 13.9. The van der Waals surface area contributed by atoms with E-state index in [0.29, 0.717) is 11.3 Å². The van der Waals surface area contributed by atoms with Crippen molar-refractivity contribution in [1.29, 1.82) is 10.7 Å². The molecule has 3 N–H and O–H groups in total. The van der Waals surface area contributed by atoms with Gasteiger partial charge in [-0.3, -0.25) is 4.79 Å². The molecule has 29 heavy (non-hydrogen) atoms. The van der Waals surface area contributed by atoms with Crippen molar-refractivity contribution >= 4 is 17.3 Å². The molecule has 0 bridgehead atoms. The first-order chi connectivity index (χ1) is 14.1. The van der Waals surface area contributed by atoms with Crippen molar-refractivity contribution in [2.24, 2.45) is 0 Å². The Kier molecular flexibility index (Phi) is 6.13. The molecule has 3 rings (SSSR count). The highest BCUT2D eigenvalue weighted by molar-refractivity contribution is 6.07. The number of benzene rings is 3. The predicted octanol–water partition coefficient (Wildman–Crippen LogP) is 4.45. The Labute approximate surface area is 167 Å². The number of nitrogens with zero attached hydrogens (tertiary/aromatic N) is 1. The molecule has 0 heterocycles. The van der Waals surface area contributed by atoms with E-state index in [0.717, 1.165) is 6.07 Å². The standard InChI is InChI=1S/C23H17FN4O/c24-20-13-17(11-12-18(20)15-25)23(29)28-22(27-19-9-5-2-6-10-19)14-21(26)16-7-3-1-4-8-16/h1-14,26-27H,(H,28,29)/b22-14+,26-21?. The zero-order valence-corrected chi connectivity index (χ0v) is 15.3. The lowest BCUT2D eigenvalue weighted by atomic mass is 10.1. The first kappa shape index (κ1) is 19.5. The second-order valence-electron chi connectivity index (χ2n) is 6.09. The third-order valence-electron chi connectivity index (χ3n) is 4.03. The van der Waals surface area contributed by atoms with Crippen LogP contribution in [0.5, 0.6) is 0 Å². The van der Waals surface area contributed by atoms with Gasteiger partial charge in [-0.15, -0.1) is 0 Å². The largest absolute Gasteiger partial charge is 0.342 e. The minimum atomic E-state index is -0.765. The van der Waals surface area contributed by atoms with E-state index in [1.165, 1.54) is 18.2 Å². The summed E-state index contributed by atoms with van der Waals surface area (Å²) in [4.78, 5) is 12.6. The Hall–Kier alpha value is -4.24. The first-order valence-corrected chi connectivity index (χ1v) is 8.75. The van der Waals surface area contributed by atoms with Gasteiger partial charge >= 0.3 is 0 Å². The van der Waals surface area contributed by atoms with Crippen molar-refractivity contribution in [3.8, 4) is 6.07 Å². The fraction of sp³-hybridized carbons (Fsp3) is 0. The number of hydrogen-bond donors (Lipinski definition) is 3. The summed E-state index contributed by atoms with van der Waals surface area (Å²) in [6.45, 7) is 0. The second kappa shape index (κ2) is 9.11. The Morgan fingerprint density at radius 2 is 1.62 bits per heavy atom. The average Bonchev–Trinajstić information content (AvgIpc) is 2.75. The van der Waals surface area contributed by atoms with E-state index in [2.05, 4.69) is 10.6 Å². The molecule has 0 radical (unpaired) electrons. The number of amides is 1. The third kappa shape index (κ3) is 5.15. The summed E-state index contributed by atoms with van der Waals surface area (Å²) in [6.07, 6.45) is 1.49. The molecule has 5 nitrogen and oxygen atoms in total. The predicted molar refractivity (Wildman–Crippen MR) is 110 cm³/mol. The van der Waals surface area contributed by atoms with E-state index in [9.17, 15) is 9.18 Å². The zero-order chi connectivity index (χ0) is 20.6. The van der Waals surface area contributed by atoms with Gasteiger partial charge in [0.05, 0.1) is 11.3 Å². The molecule has 0 aromatic heterocycles. The van der Waals surface area contributed by atoms with Gasteiger partial charge in [0, 0.05) is 17.3 Å². The highest BCUT2D eigenvalue weighted by Crippen LogP contribution is 2.12. The smallest absolute Gasteiger partial charge is 0.256 e. The maximum absolute atomic E-state index is 13.9. The lowest BCUT2D eigenvalue weighted by molar-refractivity contribution is 0.0966. The van der Waals surface area contributed by atoms with Gasteiger partial charge in [0.15, 0.2) is 0 Å². The number of nitriles is 1. The molecule has 0 aliphatic rings. The summed E-state index contributed by atoms with van der Waals surface area (Å²) >= 11 is 0. The third-order valence-corrected chi connectivity index (χ3v) is 4.03. The van der Waals surface area contributed by atoms with Crippen molar-refractivity contribution in [2.45, 2.75) is 0 Å². The Bertz CT molecular complexity index is 1100. The first-order valence-electron chi connectivity index (χ1n) is 8.75. The number of rotatable bonds is 6. The Morgan fingerprint density at radius 1 is 0.966 bits per heavy atom. The van der Waals surface area contributed by atoms with Crippen LogP contribution in [0.1, 0.15) is 21.5 Å². The average molecular weight is 384 g/mol. The summed E-state index contributed by atoms with van der Waals surface area (Å²) in [7, 11) is 0. The number of para-hydroxylation sites is 1. The van der Waals surface area contributed by atoms with Gasteiger partial charge < -0.3 is 16.0 Å². The van der Waals surface area contributed by atoms with Crippen molar-refractivity contribution in [1.82, 2.24) is 5.32 Å². The normalized spacial score (nSPS) is 10.7. The van der Waals surface area contributed by atoms with Crippen LogP contribution >= 0.6 is 0 Å². The quantitative estimate of drug-likeness (QED) is 0.549. The van der Waals surface area contributed by atoms with E-state index >= 15 is 0 Å². The maximum Gasteiger partial charge on any atom is 0.256 e. The second-order valence-corrected chi connectivity index (χ2v) is 6.09. The van der Waals surface area contributed by atoms with Gasteiger partial charge in [-0.2, -0.15) is 5.26 Å². The molecular weight excluding hydrogens is 367 g/mol. The SMILES string of the molecule is N#Cc1ccc(C(=O)N/C(=C/C(=N)c2ccccc2)Nc2ccccc2)cc1F. The Balaban J connectivity index is 1.87. The highest BCUT2D eigenvalue weighted by atomic mass is 19.1. The maximum atomic E-state index is 13.9. The number of hydrogen-bond acceptors (Lipinski definition) is 4. The van der Waals surface area contributed by atoms with Gasteiger partial charge in [0.1, 0.15) is 17.7 Å². The van der Waals surface area contributed by atoms with Crippen molar-refractivity contribution in [3.63, 3.8) is 0 Å². The van der Waals surface area contributed by atoms with Gasteiger partial charge in [-0.25, -0.2) is 4.39 Å². The molecule has 0 saturated heterocycles. The fourth-order valence-corrected chi connectivity index (χ4v) is 2.57. The van der Waals surface area contributed by atoms with E-state index in [1.54, 1.807) is 18.2 Å². The topological polar surface area (TPSA) is 88.8 Å². The van der Waals surface area contributed by atoms with E-state index in [4.69, 9.17) is 10.7 Å². The minimum absolute atomic E-state index is 0.0634. The number of halogens is 1. The lowest BCUT2D eigenvalue weighted by Crippen LogP contribution is -2.28. The van der Waals surface area contributed by atoms with Crippen LogP contribution in [0.15, 0.2) is 90.8 Å². The van der Waals surface area contributed by atoms with Crippen molar-refractivity contribution in [2.75, 3.05) is 5.32 Å². The van der Waals surface area contributed by atoms with Gasteiger partial charge in [-0.1, -0.05) is 48.5 Å². The molecule has 6 heteroatoms. The Morgan fingerprint density at radius 3 is 2.24 bits per heavy atom. The molecule has 0 saturated carbocycles. The number of allylic oxidation sites excluding steroid dienone is 1. The van der Waals surface area contributed by atoms with Crippen LogP contribution in [-0.4, -0.2) is 11.6 Å². The summed E-state index contributed by atoms with van der Waals surface area (Å²) in [6, 6.07) is 23.6.